The first-order valence-electron chi connectivity index (χ1n) is 14.9. The van der Waals surface area contributed by atoms with Gasteiger partial charge >= 0.3 is 0 Å². The van der Waals surface area contributed by atoms with Crippen LogP contribution in [0.4, 0.5) is 5.82 Å². The van der Waals surface area contributed by atoms with Crippen LogP contribution in [0.1, 0.15) is 40.0 Å². The van der Waals surface area contributed by atoms with Crippen LogP contribution < -0.4 is 10.2 Å². The van der Waals surface area contributed by atoms with Gasteiger partial charge in [0.25, 0.3) is 0 Å². The van der Waals surface area contributed by atoms with E-state index < -0.39 is 0 Å². The van der Waals surface area contributed by atoms with Gasteiger partial charge in [-0.25, -0.2) is 9.97 Å². The number of nitrogens with one attached hydrogen (secondary N) is 2. The molecule has 2 fully saturated rings. The molecule has 3 aromatic heterocycles. The molecular weight excluding hydrogens is 542 g/mol. The van der Waals surface area contributed by atoms with Crippen molar-refractivity contribution < 1.29 is 14.3 Å². The Morgan fingerprint density at radius 2 is 1.98 bits per heavy atom. The number of nitrogens with zero attached hydrogens (tertiary/aromatic N) is 5. The summed E-state index contributed by atoms with van der Waals surface area (Å²) in [6.45, 7) is 11.0. The molecule has 43 heavy (non-hydrogen) atoms. The van der Waals surface area contributed by atoms with E-state index in [9.17, 15) is 9.59 Å². The van der Waals surface area contributed by atoms with Gasteiger partial charge in [0.15, 0.2) is 5.78 Å². The highest BCUT2D eigenvalue weighted by Crippen LogP contribution is 2.30. The molecule has 0 radical (unpaired) electrons. The maximum atomic E-state index is 13.3. The fourth-order valence-corrected chi connectivity index (χ4v) is 6.00. The number of morpholine rings is 1. The second kappa shape index (κ2) is 12.8. The third-order valence-electron chi connectivity index (χ3n) is 8.27. The van der Waals surface area contributed by atoms with Crippen molar-refractivity contribution in [3.8, 4) is 11.3 Å². The fraction of sp³-hybridized carbons (Fsp3) is 0.364. The largest absolute Gasteiger partial charge is 0.378 e. The lowest BCUT2D eigenvalue weighted by Crippen LogP contribution is -2.46. The summed E-state index contributed by atoms with van der Waals surface area (Å²) in [4.78, 5) is 46.4. The minimum atomic E-state index is -0.138. The number of ether oxygens (including phenoxy) is 1. The van der Waals surface area contributed by atoms with Gasteiger partial charge in [0.2, 0.25) is 5.91 Å². The zero-order valence-electron chi connectivity index (χ0n) is 24.5. The average molecular weight is 580 g/mol. The number of anilines is 1. The average Bonchev–Trinajstić information content (AvgIpc) is 3.47. The van der Waals surface area contributed by atoms with E-state index in [0.717, 1.165) is 83.8 Å². The Hall–Kier alpha value is -4.41. The summed E-state index contributed by atoms with van der Waals surface area (Å²) >= 11 is 0. The Labute approximate surface area is 251 Å². The first-order chi connectivity index (χ1) is 21.0. The molecule has 0 saturated carbocycles. The number of aromatic nitrogens is 4. The summed E-state index contributed by atoms with van der Waals surface area (Å²) in [6.07, 6.45) is 6.87. The maximum Gasteiger partial charge on any atom is 0.243 e. The lowest BCUT2D eigenvalue weighted by Gasteiger charge is -2.33. The van der Waals surface area contributed by atoms with Crippen LogP contribution in [0.5, 0.6) is 0 Å². The summed E-state index contributed by atoms with van der Waals surface area (Å²) in [5.41, 5.74) is 6.33. The van der Waals surface area contributed by atoms with Crippen LogP contribution in [0.2, 0.25) is 0 Å². The number of piperidine rings is 1. The molecular formula is C33H37N7O3. The fourth-order valence-electron chi connectivity index (χ4n) is 6.00. The van der Waals surface area contributed by atoms with Crippen molar-refractivity contribution in [2.45, 2.75) is 38.8 Å². The number of hydrogen-bond acceptors (Lipinski definition) is 8. The molecule has 2 aliphatic heterocycles. The number of aryl methyl sites for hydroxylation is 1. The Bertz CT molecular complexity index is 1640. The smallest absolute Gasteiger partial charge is 0.243 e. The zero-order chi connectivity index (χ0) is 29.8. The Morgan fingerprint density at radius 3 is 2.79 bits per heavy atom. The lowest BCUT2D eigenvalue weighted by molar-refractivity contribution is -0.117. The van der Waals surface area contributed by atoms with Crippen molar-refractivity contribution in [3.63, 3.8) is 0 Å². The number of carbonyl (C=O) groups excluding carboxylic acids is 2. The van der Waals surface area contributed by atoms with Gasteiger partial charge < -0.3 is 19.9 Å². The van der Waals surface area contributed by atoms with Crippen molar-refractivity contribution in [2.24, 2.45) is 0 Å². The Balaban J connectivity index is 1.13. The SMILES string of the molecule is C=CC(=O)NC1CCCN(Cc2ccnc(C(=O)Cc3ccc(-c4cc5c(N6CCOCC6)ncnc5[nH]4)cc3C)c2)C1. The summed E-state index contributed by atoms with van der Waals surface area (Å²) < 4.78 is 5.50. The van der Waals surface area contributed by atoms with E-state index in [1.165, 1.54) is 6.08 Å². The first kappa shape index (κ1) is 28.7. The second-order valence-electron chi connectivity index (χ2n) is 11.3. The molecule has 0 spiro atoms. The predicted molar refractivity (Wildman–Crippen MR) is 166 cm³/mol. The molecule has 10 heteroatoms. The van der Waals surface area contributed by atoms with E-state index in [1.807, 2.05) is 31.2 Å². The van der Waals surface area contributed by atoms with E-state index in [0.29, 0.717) is 25.5 Å². The number of ketones is 1. The third kappa shape index (κ3) is 6.65. The number of fused-ring (bicyclic) bond motifs is 1. The highest BCUT2D eigenvalue weighted by Gasteiger charge is 2.22. The Kier molecular flexibility index (Phi) is 8.57. The van der Waals surface area contributed by atoms with Gasteiger partial charge in [0.1, 0.15) is 23.5 Å². The highest BCUT2D eigenvalue weighted by molar-refractivity contribution is 5.96. The van der Waals surface area contributed by atoms with E-state index in [1.54, 1.807) is 12.5 Å². The zero-order valence-corrected chi connectivity index (χ0v) is 24.5. The van der Waals surface area contributed by atoms with Gasteiger partial charge in [-0.2, -0.15) is 0 Å². The predicted octanol–water partition coefficient (Wildman–Crippen LogP) is 3.86. The molecule has 1 aromatic carbocycles. The topological polar surface area (TPSA) is 116 Å². The molecule has 2 aliphatic rings. The number of pyridine rings is 1. The van der Waals surface area contributed by atoms with Gasteiger partial charge in [-0.3, -0.25) is 19.5 Å². The first-order valence-corrected chi connectivity index (χ1v) is 14.9. The van der Waals surface area contributed by atoms with Crippen molar-refractivity contribution >= 4 is 28.5 Å². The number of carbonyl (C=O) groups is 2. The van der Waals surface area contributed by atoms with Crippen molar-refractivity contribution in [1.82, 2.24) is 30.2 Å². The third-order valence-corrected chi connectivity index (χ3v) is 8.27. The molecule has 1 amide bonds. The van der Waals surface area contributed by atoms with E-state index in [-0.39, 0.29) is 24.2 Å². The molecule has 5 heterocycles. The normalized spacial score (nSPS) is 17.6. The van der Waals surface area contributed by atoms with Crippen molar-refractivity contribution in [3.05, 3.63) is 84.0 Å². The van der Waals surface area contributed by atoms with Gasteiger partial charge in [-0.15, -0.1) is 0 Å². The summed E-state index contributed by atoms with van der Waals surface area (Å²) in [7, 11) is 0. The van der Waals surface area contributed by atoms with E-state index in [2.05, 4.69) is 53.8 Å². The minimum Gasteiger partial charge on any atom is -0.378 e. The summed E-state index contributed by atoms with van der Waals surface area (Å²) in [6, 6.07) is 12.2. The van der Waals surface area contributed by atoms with Crippen LogP contribution in [-0.4, -0.2) is 82.0 Å². The van der Waals surface area contributed by atoms with Crippen LogP contribution >= 0.6 is 0 Å². The summed E-state index contributed by atoms with van der Waals surface area (Å²) in [5.74, 6) is 0.771. The quantitative estimate of drug-likeness (QED) is 0.227. The second-order valence-corrected chi connectivity index (χ2v) is 11.3. The Morgan fingerprint density at radius 1 is 1.12 bits per heavy atom. The number of likely N-dealkylation sites (tertiary alicyclic amines) is 1. The van der Waals surface area contributed by atoms with E-state index in [4.69, 9.17) is 4.74 Å². The van der Waals surface area contributed by atoms with Crippen LogP contribution in [0.25, 0.3) is 22.3 Å². The van der Waals surface area contributed by atoms with E-state index >= 15 is 0 Å². The molecule has 6 rings (SSSR count). The van der Waals surface area contributed by atoms with Gasteiger partial charge in [-0.1, -0.05) is 18.7 Å². The van der Waals surface area contributed by atoms with Gasteiger partial charge in [-0.05, 0) is 78.9 Å². The molecule has 1 unspecified atom stereocenters. The number of rotatable bonds is 9. The van der Waals surface area contributed by atoms with Crippen molar-refractivity contribution in [1.29, 1.82) is 0 Å². The number of Topliss-reactive ketones (excluding diaryl/α,β-unsaturated/α-hetero) is 1. The number of benzene rings is 1. The standard InChI is InChI=1S/C33H37N7O3/c1-3-31(42)37-26-5-4-10-39(20-26)19-23-8-9-34-29(16-23)30(41)17-24-6-7-25(15-22(24)2)28-18-27-32(38-28)35-21-36-33(27)40-11-13-43-14-12-40/h3,6-9,15-16,18,21,26H,1,4-5,10-14,17,19-20H2,2H3,(H,37,42)(H,35,36,38). The molecule has 0 bridgehead atoms. The van der Waals surface area contributed by atoms with Crippen LogP contribution in [-0.2, 0) is 22.5 Å². The molecule has 2 N–H and O–H groups in total. The lowest BCUT2D eigenvalue weighted by atomic mass is 9.98. The molecule has 1 atom stereocenters. The number of amides is 1. The molecule has 222 valence electrons. The molecule has 0 aliphatic carbocycles. The number of aromatic amines is 1. The monoisotopic (exact) mass is 579 g/mol. The molecule has 2 saturated heterocycles. The molecule has 4 aromatic rings. The van der Waals surface area contributed by atoms with Crippen LogP contribution in [0.15, 0.2) is 61.6 Å². The maximum absolute atomic E-state index is 13.3. The van der Waals surface area contributed by atoms with Crippen molar-refractivity contribution in [2.75, 3.05) is 44.3 Å². The highest BCUT2D eigenvalue weighted by atomic mass is 16.5. The minimum absolute atomic E-state index is 0.0106. The summed E-state index contributed by atoms with van der Waals surface area (Å²) in [5, 5.41) is 3.99. The molecule has 10 nitrogen and oxygen atoms in total. The van der Waals surface area contributed by atoms with Crippen LogP contribution in [0, 0.1) is 6.92 Å². The number of H-pyrrole nitrogens is 1. The number of hydrogen-bond donors (Lipinski definition) is 2. The van der Waals surface area contributed by atoms with Gasteiger partial charge in [0.05, 0.1) is 18.6 Å². The van der Waals surface area contributed by atoms with Crippen LogP contribution in [0.3, 0.4) is 0 Å². The van der Waals surface area contributed by atoms with Gasteiger partial charge in [0, 0.05) is 50.5 Å².